The van der Waals surface area contributed by atoms with Gasteiger partial charge in [-0.3, -0.25) is 14.4 Å². The third-order valence-corrected chi connectivity index (χ3v) is 5.55. The molecule has 8 heteroatoms. The van der Waals surface area contributed by atoms with Gasteiger partial charge in [0.25, 0.3) is 0 Å². The second kappa shape index (κ2) is 12.7. The van der Waals surface area contributed by atoms with Crippen LogP contribution < -0.4 is 27.8 Å². The number of unbranched alkanes of at least 4 members (excludes halogenated alkanes) is 1. The normalized spacial score (nSPS) is 18.3. The number of nitrogens with one attached hydrogen (secondary N) is 2. The van der Waals surface area contributed by atoms with Crippen molar-refractivity contribution in [3.8, 4) is 0 Å². The Balaban J connectivity index is 2.80. The molecule has 1 aliphatic rings. The Morgan fingerprint density at radius 2 is 1.57 bits per heavy atom. The molecule has 0 saturated heterocycles. The third-order valence-electron chi connectivity index (χ3n) is 5.55. The summed E-state index contributed by atoms with van der Waals surface area (Å²) in [7, 11) is 0. The van der Waals surface area contributed by atoms with Gasteiger partial charge in [0.2, 0.25) is 17.7 Å². The lowest BCUT2D eigenvalue weighted by Gasteiger charge is -2.29. The number of rotatable bonds is 12. The van der Waals surface area contributed by atoms with Crippen molar-refractivity contribution in [3.63, 3.8) is 0 Å². The van der Waals surface area contributed by atoms with Crippen LogP contribution in [-0.2, 0) is 14.4 Å². The Morgan fingerprint density at radius 1 is 0.964 bits per heavy atom. The Kier molecular flexibility index (Phi) is 11.1. The zero-order chi connectivity index (χ0) is 21.1. The minimum Gasteiger partial charge on any atom is -0.368 e. The molecule has 1 aliphatic carbocycles. The van der Waals surface area contributed by atoms with Gasteiger partial charge in [0.05, 0.1) is 6.04 Å². The van der Waals surface area contributed by atoms with E-state index >= 15 is 0 Å². The molecular weight excluding hydrogens is 358 g/mol. The maximum absolute atomic E-state index is 12.9. The van der Waals surface area contributed by atoms with Crippen LogP contribution in [0.1, 0.15) is 71.6 Å². The van der Waals surface area contributed by atoms with Crippen LogP contribution >= 0.6 is 0 Å². The first-order chi connectivity index (χ1) is 13.3. The zero-order valence-electron chi connectivity index (χ0n) is 17.4. The molecule has 0 aliphatic heterocycles. The molecule has 1 fully saturated rings. The molecule has 3 amide bonds. The Labute approximate surface area is 168 Å². The number of primary amides is 1. The van der Waals surface area contributed by atoms with Gasteiger partial charge in [0, 0.05) is 0 Å². The van der Waals surface area contributed by atoms with E-state index in [1.165, 1.54) is 6.42 Å². The van der Waals surface area contributed by atoms with E-state index < -0.39 is 24.0 Å². The van der Waals surface area contributed by atoms with Crippen molar-refractivity contribution in [3.05, 3.63) is 0 Å². The molecule has 1 saturated carbocycles. The highest BCUT2D eigenvalue weighted by molar-refractivity contribution is 5.92. The van der Waals surface area contributed by atoms with Crippen LogP contribution in [0, 0.1) is 11.8 Å². The van der Waals surface area contributed by atoms with Crippen LogP contribution in [-0.4, -0.2) is 42.4 Å². The topological polar surface area (TPSA) is 153 Å². The van der Waals surface area contributed by atoms with Gasteiger partial charge >= 0.3 is 0 Å². The Bertz CT molecular complexity index is 506. The smallest absolute Gasteiger partial charge is 0.243 e. The van der Waals surface area contributed by atoms with Crippen molar-refractivity contribution < 1.29 is 14.4 Å². The summed E-state index contributed by atoms with van der Waals surface area (Å²) in [6.45, 7) is 4.24. The van der Waals surface area contributed by atoms with E-state index in [1.807, 2.05) is 13.8 Å². The predicted octanol–water partition coefficient (Wildman–Crippen LogP) is 0.524. The number of hydrogen-bond donors (Lipinski definition) is 5. The highest BCUT2D eigenvalue weighted by Crippen LogP contribution is 2.27. The summed E-state index contributed by atoms with van der Waals surface area (Å²) in [5.74, 6) is -0.944. The lowest BCUT2D eigenvalue weighted by atomic mass is 9.84. The van der Waals surface area contributed by atoms with Gasteiger partial charge < -0.3 is 27.8 Å². The molecule has 0 bridgehead atoms. The monoisotopic (exact) mass is 397 g/mol. The summed E-state index contributed by atoms with van der Waals surface area (Å²) < 4.78 is 0. The summed E-state index contributed by atoms with van der Waals surface area (Å²) in [6, 6.07) is -2.15. The molecule has 0 radical (unpaired) electrons. The molecule has 8 nitrogen and oxygen atoms in total. The summed E-state index contributed by atoms with van der Waals surface area (Å²) in [5.41, 5.74) is 16.9. The van der Waals surface area contributed by atoms with Crippen molar-refractivity contribution in [2.24, 2.45) is 29.0 Å². The molecule has 0 aromatic carbocycles. The van der Waals surface area contributed by atoms with Gasteiger partial charge in [0.1, 0.15) is 12.1 Å². The highest BCUT2D eigenvalue weighted by atomic mass is 16.2. The van der Waals surface area contributed by atoms with E-state index in [1.54, 1.807) is 0 Å². The fourth-order valence-corrected chi connectivity index (χ4v) is 3.61. The Morgan fingerprint density at radius 3 is 2.11 bits per heavy atom. The fraction of sp³-hybridized carbons (Fsp3) is 0.850. The van der Waals surface area contributed by atoms with Crippen LogP contribution in [0.25, 0.3) is 0 Å². The first kappa shape index (κ1) is 24.4. The molecule has 0 unspecified atom stereocenters. The molecule has 0 aromatic rings. The minimum absolute atomic E-state index is 0.0342. The number of nitrogens with two attached hydrogens (primary N) is 3. The van der Waals surface area contributed by atoms with E-state index in [0.29, 0.717) is 31.7 Å². The van der Waals surface area contributed by atoms with Gasteiger partial charge in [-0.15, -0.1) is 0 Å². The molecule has 0 heterocycles. The quantitative estimate of drug-likeness (QED) is 0.304. The number of carbonyl (C=O) groups excluding carboxylic acids is 3. The zero-order valence-corrected chi connectivity index (χ0v) is 17.4. The van der Waals surface area contributed by atoms with Crippen molar-refractivity contribution >= 4 is 17.7 Å². The van der Waals surface area contributed by atoms with Crippen LogP contribution in [0.3, 0.4) is 0 Å². The first-order valence-corrected chi connectivity index (χ1v) is 10.6. The van der Waals surface area contributed by atoms with Gasteiger partial charge in [-0.1, -0.05) is 46.0 Å². The van der Waals surface area contributed by atoms with E-state index in [9.17, 15) is 14.4 Å². The van der Waals surface area contributed by atoms with E-state index in [2.05, 4.69) is 10.6 Å². The average Bonchev–Trinajstić information content (AvgIpc) is 2.66. The molecule has 3 atom stereocenters. The van der Waals surface area contributed by atoms with E-state index in [-0.39, 0.29) is 17.7 Å². The maximum Gasteiger partial charge on any atom is 0.243 e. The first-order valence-electron chi connectivity index (χ1n) is 10.6. The molecular formula is C20H39N5O3. The van der Waals surface area contributed by atoms with E-state index in [0.717, 1.165) is 32.1 Å². The van der Waals surface area contributed by atoms with Gasteiger partial charge in [-0.2, -0.15) is 0 Å². The minimum atomic E-state index is -0.761. The highest BCUT2D eigenvalue weighted by Gasteiger charge is 2.30. The van der Waals surface area contributed by atoms with Crippen LogP contribution in [0.4, 0.5) is 0 Å². The van der Waals surface area contributed by atoms with Crippen molar-refractivity contribution in [2.75, 3.05) is 6.54 Å². The molecule has 0 aromatic heterocycles. The van der Waals surface area contributed by atoms with E-state index in [4.69, 9.17) is 17.2 Å². The second-order valence-electron chi connectivity index (χ2n) is 8.32. The molecule has 8 N–H and O–H groups in total. The summed E-state index contributed by atoms with van der Waals surface area (Å²) in [4.78, 5) is 37.1. The fourth-order valence-electron chi connectivity index (χ4n) is 3.61. The van der Waals surface area contributed by atoms with Gasteiger partial charge in [-0.05, 0) is 44.1 Å². The van der Waals surface area contributed by atoms with Crippen LogP contribution in [0.15, 0.2) is 0 Å². The summed E-state index contributed by atoms with van der Waals surface area (Å²) in [5, 5.41) is 5.54. The van der Waals surface area contributed by atoms with Gasteiger partial charge in [-0.25, -0.2) is 0 Å². The third kappa shape index (κ3) is 8.56. The SMILES string of the molecule is CC(C)[C@H](N)C(=O)N[C@@H](CC1CCCCC1)C(=O)N[C@@H](CCCCN)C(N)=O. The largest absolute Gasteiger partial charge is 0.368 e. The lowest BCUT2D eigenvalue weighted by molar-refractivity contribution is -0.132. The van der Waals surface area contributed by atoms with Gasteiger partial charge in [0.15, 0.2) is 0 Å². The second-order valence-corrected chi connectivity index (χ2v) is 8.32. The van der Waals surface area contributed by atoms with Crippen molar-refractivity contribution in [1.82, 2.24) is 10.6 Å². The predicted molar refractivity (Wildman–Crippen MR) is 110 cm³/mol. The van der Waals surface area contributed by atoms with Crippen molar-refractivity contribution in [1.29, 1.82) is 0 Å². The maximum atomic E-state index is 12.9. The molecule has 1 rings (SSSR count). The number of amides is 3. The summed E-state index contributed by atoms with van der Waals surface area (Å²) >= 11 is 0. The standard InChI is InChI=1S/C20H39N5O3/c1-13(2)17(22)20(28)25-16(12-14-8-4-3-5-9-14)19(27)24-15(18(23)26)10-6-7-11-21/h13-17H,3-12,21-22H2,1-2H3,(H2,23,26)(H,24,27)(H,25,28)/t15-,16-,17-/m0/s1. The van der Waals surface area contributed by atoms with Crippen LogP contribution in [0.2, 0.25) is 0 Å². The average molecular weight is 398 g/mol. The molecule has 28 heavy (non-hydrogen) atoms. The number of carbonyl (C=O) groups is 3. The Hall–Kier alpha value is -1.67. The van der Waals surface area contributed by atoms with Crippen molar-refractivity contribution in [2.45, 2.75) is 89.8 Å². The molecule has 0 spiro atoms. The molecule has 162 valence electrons. The summed E-state index contributed by atoms with van der Waals surface area (Å²) in [6.07, 6.45) is 8.03. The lowest BCUT2D eigenvalue weighted by Crippen LogP contribution is -2.56. The van der Waals surface area contributed by atoms with Crippen LogP contribution in [0.5, 0.6) is 0 Å². The number of hydrogen-bond acceptors (Lipinski definition) is 5.